The molecule has 0 spiro atoms. The lowest BCUT2D eigenvalue weighted by molar-refractivity contribution is -0.140. The van der Waals surface area contributed by atoms with E-state index in [1.165, 1.54) is 31.2 Å². The Morgan fingerprint density at radius 3 is 2.49 bits per heavy atom. The maximum atomic E-state index is 14.3. The van der Waals surface area contributed by atoms with Crippen molar-refractivity contribution in [3.8, 4) is 5.75 Å². The van der Waals surface area contributed by atoms with Crippen molar-refractivity contribution in [3.63, 3.8) is 0 Å². The summed E-state index contributed by atoms with van der Waals surface area (Å²) in [6.45, 7) is 5.06. The number of nitrogens with zero attached hydrogens (tertiary/aromatic N) is 2. The Balaban J connectivity index is 2.06. The average Bonchev–Trinajstić information content (AvgIpc) is 3.15. The van der Waals surface area contributed by atoms with Gasteiger partial charge in [-0.3, -0.25) is 9.36 Å². The van der Waals surface area contributed by atoms with Crippen molar-refractivity contribution < 1.29 is 27.4 Å². The van der Waals surface area contributed by atoms with Crippen molar-refractivity contribution in [2.24, 2.45) is 4.99 Å². The molecule has 0 aliphatic carbocycles. The highest BCUT2D eigenvalue weighted by atomic mass is 127. The van der Waals surface area contributed by atoms with Gasteiger partial charge in [-0.1, -0.05) is 35.1 Å². The number of halogens is 6. The van der Waals surface area contributed by atoms with E-state index in [4.69, 9.17) is 21.1 Å². The number of alkyl halides is 3. The molecule has 206 valence electrons. The van der Waals surface area contributed by atoms with E-state index in [1.54, 1.807) is 6.08 Å². The first-order valence-corrected chi connectivity index (χ1v) is 14.9. The molecule has 6 nitrogen and oxygen atoms in total. The van der Waals surface area contributed by atoms with E-state index in [0.717, 1.165) is 23.0 Å². The summed E-state index contributed by atoms with van der Waals surface area (Å²) in [7, 11) is 0. The summed E-state index contributed by atoms with van der Waals surface area (Å²) >= 11 is 11.1. The van der Waals surface area contributed by atoms with Crippen LogP contribution in [0.3, 0.4) is 0 Å². The summed E-state index contributed by atoms with van der Waals surface area (Å²) in [5.41, 5.74) is -1.93. The molecule has 1 aliphatic rings. The number of allylic oxidation sites excluding steroid dienone is 1. The number of esters is 1. The second-order valence-corrected chi connectivity index (χ2v) is 12.4. The van der Waals surface area contributed by atoms with E-state index in [2.05, 4.69) is 50.2 Å². The zero-order chi connectivity index (χ0) is 28.6. The fourth-order valence-corrected chi connectivity index (χ4v) is 7.12. The number of rotatable bonds is 6. The van der Waals surface area contributed by atoms with Crippen molar-refractivity contribution in [2.75, 3.05) is 6.61 Å². The molecule has 0 N–H and O–H groups in total. The first-order chi connectivity index (χ1) is 18.3. The molecule has 0 fully saturated rings. The molecule has 2 aromatic carbocycles. The molecule has 0 radical (unpaired) electrons. The van der Waals surface area contributed by atoms with Crippen LogP contribution >= 0.6 is 68.1 Å². The molecule has 0 saturated heterocycles. The average molecular weight is 803 g/mol. The van der Waals surface area contributed by atoms with Crippen LogP contribution in [0.2, 0.25) is 5.02 Å². The molecule has 0 unspecified atom stereocenters. The molecular weight excluding hydrogens is 783 g/mol. The van der Waals surface area contributed by atoms with E-state index in [-0.39, 0.29) is 27.6 Å². The third kappa shape index (κ3) is 6.38. The summed E-state index contributed by atoms with van der Waals surface area (Å²) in [4.78, 5) is 30.3. The van der Waals surface area contributed by atoms with Crippen LogP contribution in [0.5, 0.6) is 5.75 Å². The second-order valence-electron chi connectivity index (χ2n) is 8.59. The number of hydrogen-bond donors (Lipinski definition) is 0. The molecule has 2 heterocycles. The van der Waals surface area contributed by atoms with Gasteiger partial charge in [0.25, 0.3) is 5.56 Å². The summed E-state index contributed by atoms with van der Waals surface area (Å²) in [6.07, 6.45) is -3.56. The van der Waals surface area contributed by atoms with Crippen molar-refractivity contribution in [3.05, 3.63) is 90.6 Å². The van der Waals surface area contributed by atoms with Gasteiger partial charge in [-0.15, -0.1) is 0 Å². The van der Waals surface area contributed by atoms with Gasteiger partial charge in [-0.05, 0) is 102 Å². The molecule has 3 aromatic rings. The predicted molar refractivity (Wildman–Crippen MR) is 160 cm³/mol. The minimum Gasteiger partial charge on any atom is -0.489 e. The number of fused-ring (bicyclic) bond motifs is 1. The van der Waals surface area contributed by atoms with Crippen molar-refractivity contribution in [1.82, 2.24) is 4.57 Å². The quantitative estimate of drug-likeness (QED) is 0.227. The van der Waals surface area contributed by atoms with Crippen molar-refractivity contribution in [2.45, 2.75) is 39.1 Å². The smallest absolute Gasteiger partial charge is 0.434 e. The number of aromatic nitrogens is 1. The van der Waals surface area contributed by atoms with E-state index in [1.807, 2.05) is 26.0 Å². The van der Waals surface area contributed by atoms with E-state index >= 15 is 0 Å². The number of hydrogen-bond acceptors (Lipinski definition) is 6. The summed E-state index contributed by atoms with van der Waals surface area (Å²) in [5.74, 6) is -0.656. The molecular formula is C26H20ClF3I2N2O4S. The number of ether oxygens (including phenoxy) is 2. The minimum absolute atomic E-state index is 0.130. The van der Waals surface area contributed by atoms with E-state index in [9.17, 15) is 22.8 Å². The Morgan fingerprint density at radius 1 is 1.23 bits per heavy atom. The van der Waals surface area contributed by atoms with Crippen LogP contribution < -0.4 is 19.6 Å². The lowest BCUT2D eigenvalue weighted by Crippen LogP contribution is -2.41. The standard InChI is InChI=1S/C26H20ClF3I2N2O4S/c1-4-37-24(36)19-20(13-5-7-15(27)8-6-13)34-23(35)18(39-25(34)33-22(19)26(28,29)30)10-14-9-16(31)11-17(32)21(14)38-12(2)3/h5-12,20H,4H2,1-3H3/b18-10-/t20-/m0/s1. The maximum absolute atomic E-state index is 14.3. The van der Waals surface area contributed by atoms with Gasteiger partial charge in [0.15, 0.2) is 10.5 Å². The van der Waals surface area contributed by atoms with Crippen molar-refractivity contribution in [1.29, 1.82) is 0 Å². The zero-order valence-corrected chi connectivity index (χ0v) is 26.5. The Hall–Kier alpha value is -1.91. The predicted octanol–water partition coefficient (Wildman–Crippen LogP) is 5.99. The number of thiazole rings is 1. The Bertz CT molecular complexity index is 1650. The number of benzene rings is 2. The first-order valence-electron chi connectivity index (χ1n) is 11.5. The highest BCUT2D eigenvalue weighted by molar-refractivity contribution is 14.1. The fourth-order valence-electron chi connectivity index (χ4n) is 3.99. The summed E-state index contributed by atoms with van der Waals surface area (Å²) in [5, 5.41) is 0.342. The van der Waals surface area contributed by atoms with Crippen molar-refractivity contribution >= 4 is 80.2 Å². The molecule has 1 aliphatic heterocycles. The molecule has 39 heavy (non-hydrogen) atoms. The van der Waals surface area contributed by atoms with Crippen LogP contribution in [0, 0.1) is 7.14 Å². The van der Waals surface area contributed by atoms with Gasteiger partial charge in [0, 0.05) is 14.2 Å². The van der Waals surface area contributed by atoms with Crippen LogP contribution in [-0.2, 0) is 9.53 Å². The summed E-state index contributed by atoms with van der Waals surface area (Å²) in [6, 6.07) is 8.20. The minimum atomic E-state index is -4.98. The third-order valence-electron chi connectivity index (χ3n) is 5.46. The Kier molecular flexibility index (Phi) is 9.18. The van der Waals surface area contributed by atoms with Crippen LogP contribution in [0.25, 0.3) is 6.08 Å². The number of carbonyl (C=O) groups excluding carboxylic acids is 1. The molecule has 0 bridgehead atoms. The lowest BCUT2D eigenvalue weighted by atomic mass is 9.95. The van der Waals surface area contributed by atoms with Crippen LogP contribution in [0.15, 0.2) is 57.5 Å². The normalized spacial score (nSPS) is 15.8. The van der Waals surface area contributed by atoms with Gasteiger partial charge in [0.2, 0.25) is 0 Å². The fraction of sp³-hybridized carbons (Fsp3) is 0.269. The molecule has 13 heteroatoms. The van der Waals surface area contributed by atoms with Crippen LogP contribution in [-0.4, -0.2) is 29.4 Å². The topological polar surface area (TPSA) is 69.9 Å². The number of carbonyl (C=O) groups is 1. The lowest BCUT2D eigenvalue weighted by Gasteiger charge is -2.26. The molecule has 1 aromatic heterocycles. The zero-order valence-electron chi connectivity index (χ0n) is 20.6. The van der Waals surface area contributed by atoms with E-state index in [0.29, 0.717) is 16.3 Å². The first kappa shape index (κ1) is 30.1. The molecule has 0 amide bonds. The Labute approximate surface area is 257 Å². The largest absolute Gasteiger partial charge is 0.489 e. The van der Waals surface area contributed by atoms with Crippen LogP contribution in [0.4, 0.5) is 13.2 Å². The molecule has 4 rings (SSSR count). The van der Waals surface area contributed by atoms with Crippen LogP contribution in [0.1, 0.15) is 37.9 Å². The van der Waals surface area contributed by atoms with Gasteiger partial charge in [0.05, 0.1) is 32.4 Å². The highest BCUT2D eigenvalue weighted by Gasteiger charge is 2.45. The highest BCUT2D eigenvalue weighted by Crippen LogP contribution is 2.38. The Morgan fingerprint density at radius 2 is 1.90 bits per heavy atom. The van der Waals surface area contributed by atoms with Gasteiger partial charge < -0.3 is 9.47 Å². The molecule has 1 atom stereocenters. The van der Waals surface area contributed by atoms with Gasteiger partial charge in [-0.25, -0.2) is 9.79 Å². The van der Waals surface area contributed by atoms with Gasteiger partial charge >= 0.3 is 12.1 Å². The third-order valence-corrected chi connectivity index (χ3v) is 8.12. The molecule has 0 saturated carbocycles. The SMILES string of the molecule is CCOC(=O)C1=C(C(F)(F)F)N=c2s/c(=C\c3cc(I)cc(I)c3OC(C)C)c(=O)n2[C@H]1c1ccc(Cl)cc1. The maximum Gasteiger partial charge on any atom is 0.434 e. The van der Waals surface area contributed by atoms with E-state index < -0.39 is 35.0 Å². The monoisotopic (exact) mass is 802 g/mol. The summed E-state index contributed by atoms with van der Waals surface area (Å²) < 4.78 is 56.7. The van der Waals surface area contributed by atoms with Gasteiger partial charge in [-0.2, -0.15) is 13.2 Å². The second kappa shape index (κ2) is 11.9. The van der Waals surface area contributed by atoms with Gasteiger partial charge in [0.1, 0.15) is 5.75 Å².